The van der Waals surface area contributed by atoms with E-state index in [1.165, 1.54) is 28.2 Å². The highest BCUT2D eigenvalue weighted by Crippen LogP contribution is 2.38. The summed E-state index contributed by atoms with van der Waals surface area (Å²) < 4.78 is 6.30. The van der Waals surface area contributed by atoms with E-state index >= 15 is 0 Å². The fourth-order valence-electron chi connectivity index (χ4n) is 4.11. The molecule has 1 amide bonds. The van der Waals surface area contributed by atoms with Gasteiger partial charge in [-0.3, -0.25) is 9.69 Å². The van der Waals surface area contributed by atoms with Crippen LogP contribution in [0.5, 0.6) is 0 Å². The molecule has 1 N–H and O–H groups in total. The molecule has 3 heterocycles. The van der Waals surface area contributed by atoms with Crippen molar-refractivity contribution in [1.29, 1.82) is 0 Å². The molecular formula is C25H24ClN3O3S2. The molecule has 176 valence electrons. The van der Waals surface area contributed by atoms with Crippen molar-refractivity contribution in [3.63, 3.8) is 0 Å². The van der Waals surface area contributed by atoms with Crippen molar-refractivity contribution in [3.8, 4) is 0 Å². The van der Waals surface area contributed by atoms with Crippen LogP contribution in [-0.4, -0.2) is 34.9 Å². The summed E-state index contributed by atoms with van der Waals surface area (Å²) in [5.41, 5.74) is 5.93. The van der Waals surface area contributed by atoms with Crippen molar-refractivity contribution >= 4 is 62.2 Å². The van der Waals surface area contributed by atoms with Crippen molar-refractivity contribution in [2.75, 3.05) is 18.5 Å². The lowest BCUT2D eigenvalue weighted by Crippen LogP contribution is -2.29. The maximum atomic E-state index is 13.0. The number of amides is 1. The number of fused-ring (bicyclic) bond motifs is 2. The maximum Gasteiger partial charge on any atom is 0.341 e. The fourth-order valence-corrected chi connectivity index (χ4v) is 6.10. The van der Waals surface area contributed by atoms with E-state index in [1.807, 2.05) is 30.3 Å². The van der Waals surface area contributed by atoms with Crippen molar-refractivity contribution in [2.45, 2.75) is 26.4 Å². The third kappa shape index (κ3) is 5.00. The third-order valence-electron chi connectivity index (χ3n) is 5.69. The van der Waals surface area contributed by atoms with E-state index in [2.05, 4.69) is 27.3 Å². The zero-order chi connectivity index (χ0) is 22.8. The monoisotopic (exact) mass is 513 g/mol. The molecule has 0 spiro atoms. The lowest BCUT2D eigenvalue weighted by Gasteiger charge is -2.27. The van der Waals surface area contributed by atoms with E-state index in [-0.39, 0.29) is 24.3 Å². The number of nitrogens with zero attached hydrogens (tertiary/aromatic N) is 2. The molecule has 4 aromatic rings. The smallest absolute Gasteiger partial charge is 0.341 e. The van der Waals surface area contributed by atoms with Crippen LogP contribution < -0.4 is 5.32 Å². The minimum absolute atomic E-state index is 0. The lowest BCUT2D eigenvalue weighted by molar-refractivity contribution is 0.0526. The number of hydrogen-bond donors (Lipinski definition) is 1. The molecule has 9 heteroatoms. The van der Waals surface area contributed by atoms with E-state index in [4.69, 9.17) is 4.74 Å². The lowest BCUT2D eigenvalue weighted by atomic mass is 10.0. The first-order chi connectivity index (χ1) is 16.1. The van der Waals surface area contributed by atoms with Gasteiger partial charge in [-0.2, -0.15) is 0 Å². The van der Waals surface area contributed by atoms with Gasteiger partial charge in [-0.15, -0.1) is 35.1 Å². The molecule has 0 aliphatic carbocycles. The van der Waals surface area contributed by atoms with E-state index in [0.29, 0.717) is 22.7 Å². The van der Waals surface area contributed by atoms with Gasteiger partial charge in [0.05, 0.1) is 27.9 Å². The zero-order valence-corrected chi connectivity index (χ0v) is 21.0. The van der Waals surface area contributed by atoms with E-state index < -0.39 is 0 Å². The van der Waals surface area contributed by atoms with Gasteiger partial charge in [-0.05, 0) is 42.7 Å². The predicted molar refractivity (Wildman–Crippen MR) is 139 cm³/mol. The maximum absolute atomic E-state index is 13.0. The van der Waals surface area contributed by atoms with Gasteiger partial charge in [0, 0.05) is 30.1 Å². The van der Waals surface area contributed by atoms with E-state index in [0.717, 1.165) is 46.7 Å². The average Bonchev–Trinajstić information content (AvgIpc) is 3.43. The molecule has 1 aliphatic heterocycles. The molecular weight excluding hydrogens is 490 g/mol. The summed E-state index contributed by atoms with van der Waals surface area (Å²) in [5.74, 6) is -0.615. The first-order valence-corrected chi connectivity index (χ1v) is 12.5. The fraction of sp³-hybridized carbons (Fsp3) is 0.240. The Bertz CT molecular complexity index is 1320. The topological polar surface area (TPSA) is 71.5 Å². The van der Waals surface area contributed by atoms with Crippen LogP contribution in [-0.2, 0) is 24.2 Å². The van der Waals surface area contributed by atoms with Gasteiger partial charge in [0.1, 0.15) is 5.00 Å². The summed E-state index contributed by atoms with van der Waals surface area (Å²) >= 11 is 2.97. The molecule has 6 nitrogen and oxygen atoms in total. The quantitative estimate of drug-likeness (QED) is 0.331. The first kappa shape index (κ1) is 24.3. The molecule has 0 atom stereocenters. The molecule has 0 bridgehead atoms. The number of aromatic nitrogens is 1. The third-order valence-corrected chi connectivity index (χ3v) is 7.61. The highest BCUT2D eigenvalue weighted by atomic mass is 35.5. The average molecular weight is 514 g/mol. The van der Waals surface area contributed by atoms with Crippen molar-refractivity contribution in [1.82, 2.24) is 9.88 Å². The summed E-state index contributed by atoms with van der Waals surface area (Å²) in [7, 11) is 0. The number of thiazole rings is 1. The van der Waals surface area contributed by atoms with Crippen LogP contribution in [0.4, 0.5) is 5.00 Å². The van der Waals surface area contributed by atoms with Gasteiger partial charge < -0.3 is 10.1 Å². The molecule has 2 aromatic carbocycles. The number of ether oxygens (including phenoxy) is 1. The SMILES string of the molecule is CCOC(=O)c1c(NC(=O)c2ccc3ncsc3c2)sc2c1CCN(Cc1ccccc1)C2.Cl. The second kappa shape index (κ2) is 10.7. The van der Waals surface area contributed by atoms with Crippen LogP contribution in [0, 0.1) is 0 Å². The van der Waals surface area contributed by atoms with Gasteiger partial charge >= 0.3 is 5.97 Å². The number of benzene rings is 2. The molecule has 0 radical (unpaired) electrons. The number of halogens is 1. The Morgan fingerprint density at radius 3 is 2.79 bits per heavy atom. The number of hydrogen-bond acceptors (Lipinski definition) is 7. The Kier molecular flexibility index (Phi) is 7.63. The molecule has 5 rings (SSSR count). The van der Waals surface area contributed by atoms with Gasteiger partial charge in [-0.1, -0.05) is 30.3 Å². The summed E-state index contributed by atoms with van der Waals surface area (Å²) in [6.07, 6.45) is 0.746. The number of carbonyl (C=O) groups is 2. The molecule has 0 fully saturated rings. The minimum atomic E-state index is -0.375. The van der Waals surface area contributed by atoms with E-state index in [9.17, 15) is 9.59 Å². The van der Waals surface area contributed by atoms with E-state index in [1.54, 1.807) is 18.5 Å². The molecule has 0 saturated heterocycles. The Hall–Kier alpha value is -2.78. The van der Waals surface area contributed by atoms with Crippen LogP contribution in [0.25, 0.3) is 10.2 Å². The molecule has 0 saturated carbocycles. The van der Waals surface area contributed by atoms with Crippen LogP contribution in [0.1, 0.15) is 43.6 Å². The van der Waals surface area contributed by atoms with Crippen LogP contribution in [0.3, 0.4) is 0 Å². The van der Waals surface area contributed by atoms with Crippen LogP contribution in [0.15, 0.2) is 54.0 Å². The Morgan fingerprint density at radius 1 is 1.18 bits per heavy atom. The standard InChI is InChI=1S/C25H23N3O3S2.ClH/c1-2-31-25(30)22-18-10-11-28(13-16-6-4-3-5-7-16)14-21(18)33-24(22)27-23(29)17-8-9-19-20(12-17)32-15-26-19;/h3-9,12,15H,2,10-11,13-14H2,1H3,(H,27,29);1H. The first-order valence-electron chi connectivity index (χ1n) is 10.8. The summed E-state index contributed by atoms with van der Waals surface area (Å²) in [4.78, 5) is 33.6. The van der Waals surface area contributed by atoms with Gasteiger partial charge in [0.2, 0.25) is 0 Å². The number of rotatable bonds is 6. The second-order valence-corrected chi connectivity index (χ2v) is 9.86. The Labute approximate surface area is 212 Å². The van der Waals surface area contributed by atoms with Gasteiger partial charge in [0.15, 0.2) is 0 Å². The number of thiophene rings is 1. The predicted octanol–water partition coefficient (Wildman–Crippen LogP) is 5.77. The summed E-state index contributed by atoms with van der Waals surface area (Å²) in [6.45, 7) is 4.52. The zero-order valence-electron chi connectivity index (χ0n) is 18.6. The van der Waals surface area contributed by atoms with Crippen molar-refractivity contribution in [3.05, 3.63) is 81.2 Å². The van der Waals surface area contributed by atoms with Crippen LogP contribution >= 0.6 is 35.1 Å². The highest BCUT2D eigenvalue weighted by Gasteiger charge is 2.29. The molecule has 2 aromatic heterocycles. The number of anilines is 1. The largest absolute Gasteiger partial charge is 0.462 e. The number of nitrogens with one attached hydrogen (secondary N) is 1. The van der Waals surface area contributed by atoms with Crippen molar-refractivity contribution in [2.24, 2.45) is 0 Å². The number of carbonyl (C=O) groups excluding carboxylic acids is 2. The summed E-state index contributed by atoms with van der Waals surface area (Å²) in [6, 6.07) is 15.8. The number of esters is 1. The highest BCUT2D eigenvalue weighted by molar-refractivity contribution is 7.17. The molecule has 1 aliphatic rings. The Balaban J connectivity index is 0.00000274. The minimum Gasteiger partial charge on any atom is -0.462 e. The van der Waals surface area contributed by atoms with Gasteiger partial charge in [-0.25, -0.2) is 9.78 Å². The van der Waals surface area contributed by atoms with Crippen LogP contribution in [0.2, 0.25) is 0 Å². The Morgan fingerprint density at radius 2 is 2.00 bits per heavy atom. The molecule has 34 heavy (non-hydrogen) atoms. The normalized spacial score (nSPS) is 13.2. The summed E-state index contributed by atoms with van der Waals surface area (Å²) in [5, 5.41) is 3.55. The second-order valence-electron chi connectivity index (χ2n) is 7.86. The van der Waals surface area contributed by atoms with Crippen molar-refractivity contribution < 1.29 is 14.3 Å². The molecule has 0 unspecified atom stereocenters. The van der Waals surface area contributed by atoms with Gasteiger partial charge in [0.25, 0.3) is 5.91 Å².